The Morgan fingerprint density at radius 1 is 1.35 bits per heavy atom. The molecule has 0 amide bonds. The number of hydrogen-bond acceptors (Lipinski definition) is 5. The summed E-state index contributed by atoms with van der Waals surface area (Å²) in [5.41, 5.74) is 0. The van der Waals surface area contributed by atoms with Crippen molar-refractivity contribution in [3.05, 3.63) is 17.0 Å². The smallest absolute Gasteiger partial charge is 0.250 e. The van der Waals surface area contributed by atoms with E-state index in [0.29, 0.717) is 30.0 Å². The molecule has 0 atom stereocenters. The number of nitrogens with one attached hydrogen (secondary N) is 2. The lowest BCUT2D eigenvalue weighted by Crippen LogP contribution is -2.28. The lowest BCUT2D eigenvalue weighted by atomic mass is 10.3. The Bertz CT molecular complexity index is 507. The van der Waals surface area contributed by atoms with Gasteiger partial charge in [0.1, 0.15) is 4.21 Å². The van der Waals surface area contributed by atoms with Gasteiger partial charge in [0, 0.05) is 18.0 Å². The van der Waals surface area contributed by atoms with Gasteiger partial charge in [-0.15, -0.1) is 11.3 Å². The second-order valence-electron chi connectivity index (χ2n) is 4.93. The van der Waals surface area contributed by atoms with E-state index in [2.05, 4.69) is 10.0 Å². The molecule has 0 radical (unpaired) electrons. The van der Waals surface area contributed by atoms with Crippen LogP contribution in [0.25, 0.3) is 0 Å². The van der Waals surface area contributed by atoms with Gasteiger partial charge in [-0.3, -0.25) is 0 Å². The van der Waals surface area contributed by atoms with E-state index in [1.54, 1.807) is 6.07 Å². The highest BCUT2D eigenvalue weighted by Gasteiger charge is 2.18. The Hall–Kier alpha value is -0.470. The van der Waals surface area contributed by atoms with E-state index in [0.717, 1.165) is 17.7 Å². The van der Waals surface area contributed by atoms with E-state index >= 15 is 0 Å². The van der Waals surface area contributed by atoms with Crippen LogP contribution in [-0.4, -0.2) is 34.7 Å². The predicted octanol–water partition coefficient (Wildman–Crippen LogP) is 1.70. The highest BCUT2D eigenvalue weighted by atomic mass is 32.2. The zero-order chi connectivity index (χ0) is 14.4. The summed E-state index contributed by atoms with van der Waals surface area (Å²) in [4.78, 5) is 1.01. The Labute approximate surface area is 124 Å². The molecule has 2 N–H and O–H groups in total. The number of thiophene rings is 1. The maximum Gasteiger partial charge on any atom is 0.250 e. The van der Waals surface area contributed by atoms with Crippen LogP contribution in [0.15, 0.2) is 16.3 Å². The Kier molecular flexibility index (Phi) is 5.98. The van der Waals surface area contributed by atoms with Crippen molar-refractivity contribution in [2.45, 2.75) is 42.5 Å². The van der Waals surface area contributed by atoms with Crippen LogP contribution in [0.1, 0.15) is 30.6 Å². The largest absolute Gasteiger partial charge is 0.377 e. The molecule has 7 heteroatoms. The molecule has 1 aliphatic carbocycles. The summed E-state index contributed by atoms with van der Waals surface area (Å²) in [5.74, 6) is 0. The topological polar surface area (TPSA) is 67.4 Å². The fourth-order valence-electron chi connectivity index (χ4n) is 2.30. The van der Waals surface area contributed by atoms with E-state index in [1.165, 1.54) is 24.2 Å². The van der Waals surface area contributed by atoms with Crippen molar-refractivity contribution in [2.24, 2.45) is 0 Å². The molecule has 1 heterocycles. The highest BCUT2D eigenvalue weighted by molar-refractivity contribution is 7.91. The summed E-state index contributed by atoms with van der Waals surface area (Å²) in [7, 11) is -1.55. The molecule has 0 unspecified atom stereocenters. The Morgan fingerprint density at radius 3 is 2.80 bits per heavy atom. The van der Waals surface area contributed by atoms with E-state index in [1.807, 2.05) is 13.1 Å². The van der Waals surface area contributed by atoms with Crippen molar-refractivity contribution >= 4 is 21.4 Å². The number of hydrogen-bond donors (Lipinski definition) is 2. The van der Waals surface area contributed by atoms with Crippen molar-refractivity contribution in [2.75, 3.05) is 20.2 Å². The average molecular weight is 318 g/mol. The van der Waals surface area contributed by atoms with E-state index < -0.39 is 10.0 Å². The zero-order valence-electron chi connectivity index (χ0n) is 11.7. The monoisotopic (exact) mass is 318 g/mol. The molecular formula is C13H22N2O3S2. The highest BCUT2D eigenvalue weighted by Crippen LogP contribution is 2.22. The van der Waals surface area contributed by atoms with Gasteiger partial charge in [0.05, 0.1) is 12.7 Å². The standard InChI is InChI=1S/C13H22N2O3S2/c1-14-10-12-6-7-13(19-12)20(16,17)15-8-9-18-11-4-2-3-5-11/h6-7,11,14-15H,2-5,8-10H2,1H3. The molecule has 0 bridgehead atoms. The minimum absolute atomic E-state index is 0.323. The molecule has 1 aromatic heterocycles. The van der Waals surface area contributed by atoms with Gasteiger partial charge in [0.25, 0.3) is 0 Å². The van der Waals surface area contributed by atoms with Crippen LogP contribution in [-0.2, 0) is 21.3 Å². The quantitative estimate of drug-likeness (QED) is 0.716. The number of sulfonamides is 1. The third kappa shape index (κ3) is 4.53. The lowest BCUT2D eigenvalue weighted by molar-refractivity contribution is 0.0626. The van der Waals surface area contributed by atoms with Gasteiger partial charge in [-0.2, -0.15) is 0 Å². The molecule has 114 valence electrons. The van der Waals surface area contributed by atoms with Crippen molar-refractivity contribution < 1.29 is 13.2 Å². The normalized spacial score (nSPS) is 16.9. The molecule has 5 nitrogen and oxygen atoms in total. The van der Waals surface area contributed by atoms with Gasteiger partial charge in [0.15, 0.2) is 0 Å². The minimum atomic E-state index is -3.39. The zero-order valence-corrected chi connectivity index (χ0v) is 13.4. The van der Waals surface area contributed by atoms with Crippen LogP contribution in [0, 0.1) is 0 Å². The Morgan fingerprint density at radius 2 is 2.10 bits per heavy atom. The van der Waals surface area contributed by atoms with Crippen LogP contribution in [0.4, 0.5) is 0 Å². The fraction of sp³-hybridized carbons (Fsp3) is 0.692. The number of ether oxygens (including phenoxy) is 1. The third-order valence-electron chi connectivity index (χ3n) is 3.30. The minimum Gasteiger partial charge on any atom is -0.377 e. The third-order valence-corrected chi connectivity index (χ3v) is 6.34. The average Bonchev–Trinajstić information content (AvgIpc) is 3.06. The summed E-state index contributed by atoms with van der Waals surface area (Å²) < 4.78 is 32.7. The maximum atomic E-state index is 12.1. The second kappa shape index (κ2) is 7.51. The van der Waals surface area contributed by atoms with Crippen LogP contribution >= 0.6 is 11.3 Å². The van der Waals surface area contributed by atoms with Crippen molar-refractivity contribution in [1.29, 1.82) is 0 Å². The molecule has 1 saturated carbocycles. The summed E-state index contributed by atoms with van der Waals surface area (Å²) >= 11 is 1.29. The van der Waals surface area contributed by atoms with Gasteiger partial charge in [-0.1, -0.05) is 12.8 Å². The van der Waals surface area contributed by atoms with E-state index in [-0.39, 0.29) is 0 Å². The molecule has 0 aromatic carbocycles. The second-order valence-corrected chi connectivity index (χ2v) is 8.09. The first kappa shape index (κ1) is 15.9. The van der Waals surface area contributed by atoms with Crippen molar-refractivity contribution in [3.63, 3.8) is 0 Å². The first-order valence-corrected chi connectivity index (χ1v) is 9.26. The summed E-state index contributed by atoms with van der Waals surface area (Å²) in [6.07, 6.45) is 4.97. The van der Waals surface area contributed by atoms with Gasteiger partial charge in [-0.05, 0) is 32.0 Å². The van der Waals surface area contributed by atoms with Gasteiger partial charge in [-0.25, -0.2) is 13.1 Å². The van der Waals surface area contributed by atoms with Crippen LogP contribution < -0.4 is 10.0 Å². The van der Waals surface area contributed by atoms with Gasteiger partial charge >= 0.3 is 0 Å². The van der Waals surface area contributed by atoms with E-state index in [4.69, 9.17) is 4.74 Å². The molecule has 2 rings (SSSR count). The van der Waals surface area contributed by atoms with Crippen LogP contribution in [0.5, 0.6) is 0 Å². The molecule has 1 aliphatic rings. The van der Waals surface area contributed by atoms with Crippen molar-refractivity contribution in [3.8, 4) is 0 Å². The first-order chi connectivity index (χ1) is 9.62. The molecule has 20 heavy (non-hydrogen) atoms. The molecule has 0 spiro atoms. The fourth-order valence-corrected chi connectivity index (χ4v) is 4.73. The Balaban J connectivity index is 1.77. The van der Waals surface area contributed by atoms with Gasteiger partial charge in [0.2, 0.25) is 10.0 Å². The summed E-state index contributed by atoms with van der Waals surface area (Å²) in [6, 6.07) is 3.49. The molecule has 0 aliphatic heterocycles. The molecular weight excluding hydrogens is 296 g/mol. The first-order valence-electron chi connectivity index (χ1n) is 6.96. The van der Waals surface area contributed by atoms with Crippen LogP contribution in [0.2, 0.25) is 0 Å². The lowest BCUT2D eigenvalue weighted by Gasteiger charge is -2.11. The SMILES string of the molecule is CNCc1ccc(S(=O)(=O)NCCOC2CCCC2)s1. The summed E-state index contributed by atoms with van der Waals surface area (Å²) in [5, 5.41) is 3.01. The van der Waals surface area contributed by atoms with E-state index in [9.17, 15) is 8.42 Å². The molecule has 1 fully saturated rings. The van der Waals surface area contributed by atoms with Crippen molar-refractivity contribution in [1.82, 2.24) is 10.0 Å². The maximum absolute atomic E-state index is 12.1. The number of rotatable bonds is 8. The van der Waals surface area contributed by atoms with Crippen LogP contribution in [0.3, 0.4) is 0 Å². The predicted molar refractivity (Wildman–Crippen MR) is 80.5 cm³/mol. The molecule has 1 aromatic rings. The summed E-state index contributed by atoms with van der Waals surface area (Å²) in [6.45, 7) is 1.46. The molecule has 0 saturated heterocycles. The van der Waals surface area contributed by atoms with Gasteiger partial charge < -0.3 is 10.1 Å².